The monoisotopic (exact) mass is 488 g/mol. The average Bonchev–Trinajstić information content (AvgIpc) is 2.80. The smallest absolute Gasteiger partial charge is 0.406 e. The van der Waals surface area contributed by atoms with Gasteiger partial charge in [0.05, 0.1) is 0 Å². The summed E-state index contributed by atoms with van der Waals surface area (Å²) in [5.74, 6) is 0.495. The Bertz CT molecular complexity index is 999. The number of piperidine rings is 2. The number of alkyl halides is 3. The molecular weight excluding hydrogens is 453 g/mol. The summed E-state index contributed by atoms with van der Waals surface area (Å²) in [5.41, 5.74) is 4.05. The van der Waals surface area contributed by atoms with Crippen LogP contribution in [0, 0.1) is 19.8 Å². The molecule has 2 aromatic rings. The van der Waals surface area contributed by atoms with Crippen molar-refractivity contribution in [1.29, 1.82) is 0 Å². The molecule has 4 rings (SSSR count). The lowest BCUT2D eigenvalue weighted by Gasteiger charge is -2.49. The van der Waals surface area contributed by atoms with Gasteiger partial charge in [0.15, 0.2) is 0 Å². The summed E-state index contributed by atoms with van der Waals surface area (Å²) in [6.07, 6.45) is 0.287. The molecule has 2 fully saturated rings. The van der Waals surface area contributed by atoms with Crippen LogP contribution < -0.4 is 4.74 Å². The molecule has 0 saturated carbocycles. The predicted octanol–water partition coefficient (Wildman–Crippen LogP) is 6.15. The maximum atomic E-state index is 13.2. The molecule has 2 aliphatic rings. The van der Waals surface area contributed by atoms with E-state index in [0.717, 1.165) is 80.5 Å². The van der Waals surface area contributed by atoms with Gasteiger partial charge in [0.2, 0.25) is 0 Å². The third-order valence-electron chi connectivity index (χ3n) is 7.88. The summed E-state index contributed by atoms with van der Waals surface area (Å²) in [4.78, 5) is 17.8. The minimum atomic E-state index is -4.66. The largest absolute Gasteiger partial charge is 0.573 e. The second-order valence-electron chi connectivity index (χ2n) is 10.4. The third kappa shape index (κ3) is 6.18. The normalized spacial score (nSPS) is 19.5. The Morgan fingerprint density at radius 1 is 0.971 bits per heavy atom. The van der Waals surface area contributed by atoms with Crippen LogP contribution in [-0.2, 0) is 6.42 Å². The zero-order chi connectivity index (χ0) is 25.2. The highest BCUT2D eigenvalue weighted by molar-refractivity contribution is 5.97. The first-order chi connectivity index (χ1) is 16.5. The Kier molecular flexibility index (Phi) is 7.46. The van der Waals surface area contributed by atoms with E-state index >= 15 is 0 Å². The zero-order valence-electron chi connectivity index (χ0n) is 20.8. The first-order valence-electron chi connectivity index (χ1n) is 12.5. The lowest BCUT2D eigenvalue weighted by atomic mass is 9.83. The number of halogens is 3. The van der Waals surface area contributed by atoms with Crippen LogP contribution in [0.5, 0.6) is 5.75 Å². The number of hydrogen-bond acceptors (Lipinski definition) is 3. The summed E-state index contributed by atoms with van der Waals surface area (Å²) in [5, 5.41) is 0. The molecule has 0 unspecified atom stereocenters. The van der Waals surface area contributed by atoms with E-state index in [-0.39, 0.29) is 17.2 Å². The topological polar surface area (TPSA) is 32.8 Å². The minimum Gasteiger partial charge on any atom is -0.406 e. The second kappa shape index (κ2) is 10.2. The van der Waals surface area contributed by atoms with E-state index in [1.807, 2.05) is 36.9 Å². The molecule has 2 aromatic carbocycles. The summed E-state index contributed by atoms with van der Waals surface area (Å²) in [6.45, 7) is 9.91. The molecule has 2 heterocycles. The number of hydrogen-bond donors (Lipinski definition) is 0. The Balaban J connectivity index is 1.27. The van der Waals surface area contributed by atoms with E-state index in [0.29, 0.717) is 5.92 Å². The van der Waals surface area contributed by atoms with Crippen molar-refractivity contribution in [3.63, 3.8) is 0 Å². The lowest BCUT2D eigenvalue weighted by molar-refractivity contribution is -0.274. The number of nitrogens with zero attached hydrogens (tertiary/aromatic N) is 2. The maximum absolute atomic E-state index is 13.2. The molecule has 7 heteroatoms. The van der Waals surface area contributed by atoms with Crippen molar-refractivity contribution in [3.05, 3.63) is 64.7 Å². The fourth-order valence-corrected chi connectivity index (χ4v) is 5.66. The number of rotatable bonds is 5. The summed E-state index contributed by atoms with van der Waals surface area (Å²) < 4.78 is 41.0. The molecule has 190 valence electrons. The Morgan fingerprint density at radius 3 is 2.09 bits per heavy atom. The molecule has 4 nitrogen and oxygen atoms in total. The molecule has 0 atom stereocenters. The molecule has 0 N–H and O–H groups in total. The quantitative estimate of drug-likeness (QED) is 0.506. The molecule has 0 aliphatic carbocycles. The fraction of sp³-hybridized carbons (Fsp3) is 0.536. The van der Waals surface area contributed by atoms with Gasteiger partial charge in [-0.15, -0.1) is 13.2 Å². The third-order valence-corrected chi connectivity index (χ3v) is 7.88. The van der Waals surface area contributed by atoms with Gasteiger partial charge in [-0.3, -0.25) is 9.69 Å². The van der Waals surface area contributed by atoms with Crippen molar-refractivity contribution >= 4 is 5.91 Å². The van der Waals surface area contributed by atoms with Gasteiger partial charge in [-0.2, -0.15) is 0 Å². The summed E-state index contributed by atoms with van der Waals surface area (Å²) in [7, 11) is 0. The van der Waals surface area contributed by atoms with E-state index < -0.39 is 6.36 Å². The highest BCUT2D eigenvalue weighted by atomic mass is 19.4. The van der Waals surface area contributed by atoms with E-state index in [9.17, 15) is 18.0 Å². The molecule has 0 aromatic heterocycles. The molecule has 0 radical (unpaired) electrons. The minimum absolute atomic E-state index is 0.0963. The van der Waals surface area contributed by atoms with Crippen LogP contribution in [-0.4, -0.2) is 53.8 Å². The van der Waals surface area contributed by atoms with Crippen molar-refractivity contribution in [1.82, 2.24) is 9.80 Å². The predicted molar refractivity (Wildman–Crippen MR) is 131 cm³/mol. The van der Waals surface area contributed by atoms with Crippen LogP contribution in [0.1, 0.15) is 59.7 Å². The Labute approximate surface area is 206 Å². The molecule has 2 aliphatic heterocycles. The van der Waals surface area contributed by atoms with Gasteiger partial charge >= 0.3 is 6.36 Å². The summed E-state index contributed by atoms with van der Waals surface area (Å²) in [6, 6.07) is 12.3. The maximum Gasteiger partial charge on any atom is 0.573 e. The van der Waals surface area contributed by atoms with Crippen molar-refractivity contribution in [2.24, 2.45) is 5.92 Å². The fourth-order valence-electron chi connectivity index (χ4n) is 5.66. The second-order valence-corrected chi connectivity index (χ2v) is 10.4. The number of carbonyl (C=O) groups excluding carboxylic acids is 1. The first kappa shape index (κ1) is 25.5. The molecule has 0 spiro atoms. The van der Waals surface area contributed by atoms with E-state index in [2.05, 4.69) is 16.6 Å². The first-order valence-corrected chi connectivity index (χ1v) is 12.5. The van der Waals surface area contributed by atoms with Gasteiger partial charge in [0.1, 0.15) is 5.75 Å². The van der Waals surface area contributed by atoms with Crippen molar-refractivity contribution in [3.8, 4) is 5.75 Å². The van der Waals surface area contributed by atoms with Gasteiger partial charge in [-0.1, -0.05) is 30.3 Å². The zero-order valence-corrected chi connectivity index (χ0v) is 20.8. The van der Waals surface area contributed by atoms with E-state index in [4.69, 9.17) is 0 Å². The number of likely N-dealkylation sites (tertiary alicyclic amines) is 2. The van der Waals surface area contributed by atoms with Crippen molar-refractivity contribution in [2.45, 2.75) is 64.8 Å². The number of ether oxygens (including phenoxy) is 1. The van der Waals surface area contributed by atoms with Gasteiger partial charge in [-0.25, -0.2) is 0 Å². The average molecular weight is 489 g/mol. The molecule has 2 saturated heterocycles. The van der Waals surface area contributed by atoms with Crippen LogP contribution in [0.15, 0.2) is 42.5 Å². The van der Waals surface area contributed by atoms with Gasteiger partial charge < -0.3 is 9.64 Å². The van der Waals surface area contributed by atoms with Crippen LogP contribution in [0.4, 0.5) is 13.2 Å². The van der Waals surface area contributed by atoms with Crippen molar-refractivity contribution < 1.29 is 22.7 Å². The van der Waals surface area contributed by atoms with E-state index in [1.54, 1.807) is 12.1 Å². The Hall–Kier alpha value is -2.54. The Morgan fingerprint density at radius 2 is 1.54 bits per heavy atom. The number of aryl methyl sites for hydroxylation is 2. The van der Waals surface area contributed by atoms with Gasteiger partial charge in [0, 0.05) is 24.2 Å². The number of amides is 1. The number of benzene rings is 2. The molecule has 0 bridgehead atoms. The van der Waals surface area contributed by atoms with Gasteiger partial charge in [-0.05, 0) is 101 Å². The molecule has 1 amide bonds. The van der Waals surface area contributed by atoms with Crippen LogP contribution in [0.25, 0.3) is 0 Å². The summed E-state index contributed by atoms with van der Waals surface area (Å²) >= 11 is 0. The van der Waals surface area contributed by atoms with Crippen LogP contribution >= 0.6 is 0 Å². The highest BCUT2D eigenvalue weighted by Gasteiger charge is 2.39. The van der Waals surface area contributed by atoms with E-state index in [1.165, 1.54) is 12.1 Å². The standard InChI is InChI=1S/C28H35F3N2O2/c1-20-5-4-6-21(2)25(20)26(34)32-17-13-27(3,14-18-32)33-15-11-23(12-16-33)19-22-7-9-24(10-8-22)35-28(29,30)31/h4-10,23H,11-19H2,1-3H3. The highest BCUT2D eigenvalue weighted by Crippen LogP contribution is 2.34. The van der Waals surface area contributed by atoms with Crippen LogP contribution in [0.2, 0.25) is 0 Å². The number of carbonyl (C=O) groups is 1. The van der Waals surface area contributed by atoms with Crippen LogP contribution in [0.3, 0.4) is 0 Å². The lowest BCUT2D eigenvalue weighted by Crippen LogP contribution is -2.56. The molecular formula is C28H35F3N2O2. The SMILES string of the molecule is Cc1cccc(C)c1C(=O)N1CCC(C)(N2CCC(Cc3ccc(OC(F)(F)F)cc3)CC2)CC1. The van der Waals surface area contributed by atoms with Gasteiger partial charge in [0.25, 0.3) is 5.91 Å². The van der Waals surface area contributed by atoms with Crippen molar-refractivity contribution in [2.75, 3.05) is 26.2 Å². The molecule has 35 heavy (non-hydrogen) atoms.